The number of fused-ring (bicyclic) bond motifs is 1. The van der Waals surface area contributed by atoms with Gasteiger partial charge in [0.05, 0.1) is 33.8 Å². The van der Waals surface area contributed by atoms with Gasteiger partial charge < -0.3 is 5.32 Å². The van der Waals surface area contributed by atoms with Gasteiger partial charge in [0.25, 0.3) is 5.91 Å². The molecule has 0 saturated heterocycles. The van der Waals surface area contributed by atoms with Gasteiger partial charge in [0, 0.05) is 17.8 Å². The molecular weight excluding hydrogens is 375 g/mol. The van der Waals surface area contributed by atoms with Crippen LogP contribution >= 0.6 is 11.3 Å². The van der Waals surface area contributed by atoms with Gasteiger partial charge in [0.1, 0.15) is 5.82 Å². The Labute approximate surface area is 167 Å². The first kappa shape index (κ1) is 18.8. The molecule has 1 amide bonds. The van der Waals surface area contributed by atoms with Crippen LogP contribution in [-0.2, 0) is 19.3 Å². The van der Waals surface area contributed by atoms with Crippen LogP contribution in [0.1, 0.15) is 50.9 Å². The molecule has 0 spiro atoms. The Morgan fingerprint density at radius 2 is 2.04 bits per heavy atom. The molecule has 0 atom stereocenters. The number of aryl methyl sites for hydroxylation is 3. The predicted octanol–water partition coefficient (Wildman–Crippen LogP) is 4.02. The first-order chi connectivity index (χ1) is 13.6. The summed E-state index contributed by atoms with van der Waals surface area (Å²) in [6.07, 6.45) is 8.12. The molecule has 1 aliphatic carbocycles. The fraction of sp³-hybridized carbons (Fsp3) is 0.381. The quantitative estimate of drug-likeness (QED) is 0.638. The van der Waals surface area contributed by atoms with E-state index >= 15 is 0 Å². The highest BCUT2D eigenvalue weighted by molar-refractivity contribution is 7.11. The van der Waals surface area contributed by atoms with Crippen LogP contribution in [0.25, 0.3) is 5.69 Å². The minimum Gasteiger partial charge on any atom is -0.352 e. The van der Waals surface area contributed by atoms with E-state index in [-0.39, 0.29) is 11.7 Å². The number of carbonyl (C=O) groups excluding carboxylic acids is 1. The Hall–Kier alpha value is -2.54. The standard InChI is InChI=1S/C21H23FN4OS/c1-14-17(13-24-26(14)16-10-8-15(22)9-11-16)21(27)23-12-4-7-20-25-18-5-2-3-6-19(18)28-20/h8-11,13H,2-7,12H2,1H3,(H,23,27). The van der Waals surface area contributed by atoms with E-state index in [0.29, 0.717) is 12.1 Å². The number of thiazole rings is 1. The van der Waals surface area contributed by atoms with Gasteiger partial charge in [-0.25, -0.2) is 14.1 Å². The van der Waals surface area contributed by atoms with Crippen LogP contribution in [0.15, 0.2) is 30.5 Å². The van der Waals surface area contributed by atoms with Gasteiger partial charge in [-0.05, 0) is 63.3 Å². The van der Waals surface area contributed by atoms with E-state index in [9.17, 15) is 9.18 Å². The lowest BCUT2D eigenvalue weighted by atomic mass is 10.0. The molecule has 1 aliphatic rings. The maximum Gasteiger partial charge on any atom is 0.254 e. The number of benzene rings is 1. The largest absolute Gasteiger partial charge is 0.352 e. The van der Waals surface area contributed by atoms with Crippen molar-refractivity contribution in [2.24, 2.45) is 0 Å². The molecule has 28 heavy (non-hydrogen) atoms. The monoisotopic (exact) mass is 398 g/mol. The zero-order chi connectivity index (χ0) is 19.5. The van der Waals surface area contributed by atoms with Crippen LogP contribution in [0.2, 0.25) is 0 Å². The molecule has 1 aromatic carbocycles. The molecule has 2 heterocycles. The Morgan fingerprint density at radius 3 is 2.82 bits per heavy atom. The summed E-state index contributed by atoms with van der Waals surface area (Å²) in [6, 6.07) is 6.05. The normalized spacial score (nSPS) is 13.4. The van der Waals surface area contributed by atoms with Crippen LogP contribution in [0.4, 0.5) is 4.39 Å². The second-order valence-electron chi connectivity index (χ2n) is 7.08. The van der Waals surface area contributed by atoms with Crippen molar-refractivity contribution < 1.29 is 9.18 Å². The molecule has 2 aromatic heterocycles. The third-order valence-electron chi connectivity index (χ3n) is 5.07. The molecule has 3 aromatic rings. The summed E-state index contributed by atoms with van der Waals surface area (Å²) in [7, 11) is 0. The molecular formula is C21H23FN4OS. The Kier molecular flexibility index (Phi) is 5.52. The number of rotatable bonds is 6. The lowest BCUT2D eigenvalue weighted by molar-refractivity contribution is 0.0952. The van der Waals surface area contributed by atoms with Crippen molar-refractivity contribution in [1.82, 2.24) is 20.1 Å². The maximum atomic E-state index is 13.1. The molecule has 0 saturated carbocycles. The van der Waals surface area contributed by atoms with Crippen molar-refractivity contribution in [1.29, 1.82) is 0 Å². The highest BCUT2D eigenvalue weighted by atomic mass is 32.1. The fourth-order valence-corrected chi connectivity index (χ4v) is 4.72. The lowest BCUT2D eigenvalue weighted by Gasteiger charge is -2.06. The number of aromatic nitrogens is 3. The molecule has 5 nitrogen and oxygen atoms in total. The van der Waals surface area contributed by atoms with Gasteiger partial charge in [-0.2, -0.15) is 5.10 Å². The minimum absolute atomic E-state index is 0.135. The minimum atomic E-state index is -0.299. The Balaban J connectivity index is 1.31. The average Bonchev–Trinajstić information content (AvgIpc) is 3.29. The summed E-state index contributed by atoms with van der Waals surface area (Å²) >= 11 is 1.83. The van der Waals surface area contributed by atoms with Crippen LogP contribution in [0.5, 0.6) is 0 Å². The van der Waals surface area contributed by atoms with Gasteiger partial charge in [-0.15, -0.1) is 11.3 Å². The third kappa shape index (κ3) is 3.99. The number of carbonyl (C=O) groups is 1. The smallest absolute Gasteiger partial charge is 0.254 e. The molecule has 146 valence electrons. The number of halogens is 1. The van der Waals surface area contributed by atoms with E-state index in [4.69, 9.17) is 4.98 Å². The van der Waals surface area contributed by atoms with E-state index in [1.54, 1.807) is 23.0 Å². The van der Waals surface area contributed by atoms with Gasteiger partial charge in [0.2, 0.25) is 0 Å². The molecule has 7 heteroatoms. The van der Waals surface area contributed by atoms with Crippen molar-refractivity contribution in [3.63, 3.8) is 0 Å². The lowest BCUT2D eigenvalue weighted by Crippen LogP contribution is -2.25. The second kappa shape index (κ2) is 8.22. The molecule has 0 unspecified atom stereocenters. The summed E-state index contributed by atoms with van der Waals surface area (Å²) in [5.41, 5.74) is 3.29. The van der Waals surface area contributed by atoms with Gasteiger partial charge in [0.15, 0.2) is 0 Å². The number of amides is 1. The Morgan fingerprint density at radius 1 is 1.25 bits per heavy atom. The number of hydrogen-bond donors (Lipinski definition) is 1. The van der Waals surface area contributed by atoms with Crippen molar-refractivity contribution in [2.75, 3.05) is 6.54 Å². The molecule has 0 radical (unpaired) electrons. The predicted molar refractivity (Wildman–Crippen MR) is 108 cm³/mol. The summed E-state index contributed by atoms with van der Waals surface area (Å²) in [5.74, 6) is -0.433. The molecule has 4 rings (SSSR count). The van der Waals surface area contributed by atoms with Crippen molar-refractivity contribution in [3.8, 4) is 5.69 Å². The SMILES string of the molecule is Cc1c(C(=O)NCCCc2nc3c(s2)CCCC3)cnn1-c1ccc(F)cc1. The first-order valence-corrected chi connectivity index (χ1v) is 10.5. The van der Waals surface area contributed by atoms with Gasteiger partial charge in [-0.1, -0.05) is 0 Å². The van der Waals surface area contributed by atoms with E-state index in [2.05, 4.69) is 10.4 Å². The van der Waals surface area contributed by atoms with Crippen LogP contribution in [0, 0.1) is 12.7 Å². The van der Waals surface area contributed by atoms with E-state index in [0.717, 1.165) is 30.6 Å². The topological polar surface area (TPSA) is 59.8 Å². The number of nitrogens with one attached hydrogen (secondary N) is 1. The van der Waals surface area contributed by atoms with E-state index < -0.39 is 0 Å². The van der Waals surface area contributed by atoms with Crippen LogP contribution < -0.4 is 5.32 Å². The maximum absolute atomic E-state index is 13.1. The van der Waals surface area contributed by atoms with Crippen molar-refractivity contribution >= 4 is 17.2 Å². The van der Waals surface area contributed by atoms with Gasteiger partial charge in [-0.3, -0.25) is 4.79 Å². The van der Waals surface area contributed by atoms with Crippen LogP contribution in [-0.4, -0.2) is 27.2 Å². The third-order valence-corrected chi connectivity index (χ3v) is 6.29. The molecule has 0 bridgehead atoms. The summed E-state index contributed by atoms with van der Waals surface area (Å²) < 4.78 is 14.7. The molecule has 1 N–H and O–H groups in total. The average molecular weight is 399 g/mol. The molecule has 0 aliphatic heterocycles. The number of hydrogen-bond acceptors (Lipinski definition) is 4. The zero-order valence-corrected chi connectivity index (χ0v) is 16.7. The summed E-state index contributed by atoms with van der Waals surface area (Å²) in [5, 5.41) is 8.43. The highest BCUT2D eigenvalue weighted by Crippen LogP contribution is 2.27. The summed E-state index contributed by atoms with van der Waals surface area (Å²) in [6.45, 7) is 2.44. The van der Waals surface area contributed by atoms with Crippen LogP contribution in [0.3, 0.4) is 0 Å². The second-order valence-corrected chi connectivity index (χ2v) is 8.24. The van der Waals surface area contributed by atoms with E-state index in [1.807, 2.05) is 18.3 Å². The fourth-order valence-electron chi connectivity index (χ4n) is 3.52. The first-order valence-electron chi connectivity index (χ1n) is 9.68. The highest BCUT2D eigenvalue weighted by Gasteiger charge is 2.16. The zero-order valence-electron chi connectivity index (χ0n) is 15.9. The van der Waals surface area contributed by atoms with E-state index in [1.165, 1.54) is 47.0 Å². The summed E-state index contributed by atoms with van der Waals surface area (Å²) in [4.78, 5) is 18.7. The molecule has 0 fully saturated rings. The number of nitrogens with zero attached hydrogens (tertiary/aromatic N) is 3. The Bertz CT molecular complexity index is 953. The van der Waals surface area contributed by atoms with Crippen molar-refractivity contribution in [3.05, 3.63) is 63.1 Å². The van der Waals surface area contributed by atoms with Crippen molar-refractivity contribution in [2.45, 2.75) is 45.4 Å². The van der Waals surface area contributed by atoms with Gasteiger partial charge >= 0.3 is 0 Å².